The number of carbonyl (C=O) groups is 2. The first-order chi connectivity index (χ1) is 14.6. The van der Waals surface area contributed by atoms with Gasteiger partial charge in [-0.2, -0.15) is 0 Å². The number of hydrogen-bond acceptors (Lipinski definition) is 8. The number of nitrogens with two attached hydrogens (primary N) is 1. The van der Waals surface area contributed by atoms with Gasteiger partial charge in [-0.15, -0.1) is 11.8 Å². The molecular formula is C21H29N5O3S2. The first-order valence-corrected chi connectivity index (χ1v) is 11.8. The van der Waals surface area contributed by atoms with Gasteiger partial charge in [-0.3, -0.25) is 9.52 Å². The van der Waals surface area contributed by atoms with Gasteiger partial charge in [0.1, 0.15) is 10.6 Å². The predicted octanol–water partition coefficient (Wildman–Crippen LogP) is 4.26. The van der Waals surface area contributed by atoms with Crippen molar-refractivity contribution in [3.8, 4) is 11.3 Å². The molecule has 1 aromatic heterocycles. The number of anilines is 1. The highest BCUT2D eigenvalue weighted by atomic mass is 32.2. The first-order valence-electron chi connectivity index (χ1n) is 9.80. The van der Waals surface area contributed by atoms with Gasteiger partial charge >= 0.3 is 6.09 Å². The quantitative estimate of drug-likeness (QED) is 0.302. The van der Waals surface area contributed by atoms with Crippen molar-refractivity contribution < 1.29 is 14.3 Å². The van der Waals surface area contributed by atoms with Crippen molar-refractivity contribution in [3.63, 3.8) is 0 Å². The Balaban J connectivity index is 1.85. The molecule has 1 heterocycles. The zero-order chi connectivity index (χ0) is 23.0. The number of nitrogens with one attached hydrogen (secondary N) is 2. The van der Waals surface area contributed by atoms with Crippen LogP contribution in [0.4, 0.5) is 10.7 Å². The van der Waals surface area contributed by atoms with Crippen LogP contribution >= 0.6 is 23.7 Å². The van der Waals surface area contributed by atoms with Gasteiger partial charge in [0, 0.05) is 22.9 Å². The van der Waals surface area contributed by atoms with Crippen LogP contribution in [0, 0.1) is 0 Å². The summed E-state index contributed by atoms with van der Waals surface area (Å²) >= 11 is 2.73. The Morgan fingerprint density at radius 2 is 1.97 bits per heavy atom. The normalized spacial score (nSPS) is 12.2. The summed E-state index contributed by atoms with van der Waals surface area (Å²) in [5.74, 6) is 0.103. The van der Waals surface area contributed by atoms with E-state index in [0.29, 0.717) is 6.42 Å². The van der Waals surface area contributed by atoms with E-state index in [9.17, 15) is 9.59 Å². The number of hydrogen-bond donors (Lipinski definition) is 3. The van der Waals surface area contributed by atoms with Gasteiger partial charge in [0.2, 0.25) is 11.9 Å². The molecule has 2 amide bonds. The smallest absolute Gasteiger partial charge is 0.407 e. The standard InChI is InChI=1S/C21H29N5O3S2/c1-13(23-20(28)29-21(2,3)4)9-10-17(27)26-31-15-8-6-7-14(11-15)16-12-18(30-5)25-19(22)24-16/h6-8,11-13H,9-10H2,1-5H3,(H,23,28)(H,26,27)(H2,22,24,25). The van der Waals surface area contributed by atoms with Crippen LogP contribution in [0.5, 0.6) is 0 Å². The minimum absolute atomic E-state index is 0.121. The van der Waals surface area contributed by atoms with Gasteiger partial charge in [-0.1, -0.05) is 12.1 Å². The van der Waals surface area contributed by atoms with Gasteiger partial charge in [0.15, 0.2) is 0 Å². The lowest BCUT2D eigenvalue weighted by molar-refractivity contribution is -0.119. The molecule has 168 valence electrons. The Bertz CT molecular complexity index is 918. The van der Waals surface area contributed by atoms with Crippen LogP contribution in [0.2, 0.25) is 0 Å². The topological polar surface area (TPSA) is 119 Å². The van der Waals surface area contributed by atoms with E-state index in [1.165, 1.54) is 23.7 Å². The molecule has 1 atom stereocenters. The maximum atomic E-state index is 12.2. The lowest BCUT2D eigenvalue weighted by atomic mass is 10.1. The highest BCUT2D eigenvalue weighted by molar-refractivity contribution is 7.98. The number of nitrogen functional groups attached to an aromatic ring is 1. The van der Waals surface area contributed by atoms with Crippen molar-refractivity contribution in [2.75, 3.05) is 12.0 Å². The van der Waals surface area contributed by atoms with Gasteiger partial charge in [0.05, 0.1) is 5.69 Å². The molecule has 0 bridgehead atoms. The SMILES string of the molecule is CSc1cc(-c2cccc(SNC(=O)CCC(C)NC(=O)OC(C)(C)C)c2)nc(N)n1. The minimum Gasteiger partial charge on any atom is -0.444 e. The summed E-state index contributed by atoms with van der Waals surface area (Å²) < 4.78 is 8.05. The Morgan fingerprint density at radius 1 is 1.23 bits per heavy atom. The molecule has 2 aromatic rings. The summed E-state index contributed by atoms with van der Waals surface area (Å²) in [6.07, 6.45) is 2.23. The monoisotopic (exact) mass is 463 g/mol. The third-order valence-corrected chi connectivity index (χ3v) is 5.36. The maximum Gasteiger partial charge on any atom is 0.407 e. The molecule has 0 fully saturated rings. The first kappa shape index (κ1) is 24.8. The number of amides is 2. The molecule has 0 radical (unpaired) electrons. The van der Waals surface area contributed by atoms with E-state index in [-0.39, 0.29) is 24.3 Å². The van der Waals surface area contributed by atoms with Crippen LogP contribution in [-0.2, 0) is 9.53 Å². The Kier molecular flexibility index (Phi) is 9.00. The van der Waals surface area contributed by atoms with Crippen molar-refractivity contribution in [1.29, 1.82) is 0 Å². The third-order valence-electron chi connectivity index (χ3n) is 3.91. The molecule has 2 rings (SSSR count). The molecular weight excluding hydrogens is 434 g/mol. The molecule has 4 N–H and O–H groups in total. The number of aromatic nitrogens is 2. The average molecular weight is 464 g/mol. The van der Waals surface area contributed by atoms with E-state index in [2.05, 4.69) is 20.0 Å². The van der Waals surface area contributed by atoms with Crippen molar-refractivity contribution in [1.82, 2.24) is 20.0 Å². The Labute approximate surface area is 191 Å². The summed E-state index contributed by atoms with van der Waals surface area (Å²) in [6, 6.07) is 9.37. The number of benzene rings is 1. The third kappa shape index (κ3) is 9.06. The largest absolute Gasteiger partial charge is 0.444 e. The fourth-order valence-electron chi connectivity index (χ4n) is 2.51. The van der Waals surface area contributed by atoms with E-state index in [4.69, 9.17) is 10.5 Å². The van der Waals surface area contributed by atoms with Crippen LogP contribution in [-0.4, -0.2) is 39.9 Å². The number of alkyl carbamates (subject to hydrolysis) is 1. The lowest BCUT2D eigenvalue weighted by Crippen LogP contribution is -2.38. The molecule has 1 unspecified atom stereocenters. The predicted molar refractivity (Wildman–Crippen MR) is 126 cm³/mol. The number of thioether (sulfide) groups is 1. The summed E-state index contributed by atoms with van der Waals surface area (Å²) in [6.45, 7) is 7.25. The van der Waals surface area contributed by atoms with Crippen molar-refractivity contribution in [2.24, 2.45) is 0 Å². The highest BCUT2D eigenvalue weighted by Gasteiger charge is 2.18. The van der Waals surface area contributed by atoms with Gasteiger partial charge in [-0.25, -0.2) is 14.8 Å². The summed E-state index contributed by atoms with van der Waals surface area (Å²) in [7, 11) is 0. The molecule has 0 aliphatic carbocycles. The summed E-state index contributed by atoms with van der Waals surface area (Å²) in [5.41, 5.74) is 6.86. The van der Waals surface area contributed by atoms with Crippen molar-refractivity contribution in [2.45, 2.75) is 62.1 Å². The van der Waals surface area contributed by atoms with Gasteiger partial charge < -0.3 is 15.8 Å². The Hall–Kier alpha value is -2.46. The number of rotatable bonds is 8. The van der Waals surface area contributed by atoms with Crippen molar-refractivity contribution >= 4 is 41.7 Å². The Morgan fingerprint density at radius 3 is 2.65 bits per heavy atom. The van der Waals surface area contributed by atoms with Crippen LogP contribution in [0.3, 0.4) is 0 Å². The zero-order valence-electron chi connectivity index (χ0n) is 18.4. The molecule has 0 aliphatic heterocycles. The van der Waals surface area contributed by atoms with Crippen LogP contribution in [0.15, 0.2) is 40.3 Å². The molecule has 1 aromatic carbocycles. The molecule has 8 nitrogen and oxygen atoms in total. The highest BCUT2D eigenvalue weighted by Crippen LogP contribution is 2.26. The summed E-state index contributed by atoms with van der Waals surface area (Å²) in [4.78, 5) is 33.3. The van der Waals surface area contributed by atoms with E-state index in [1.54, 1.807) is 20.8 Å². The van der Waals surface area contributed by atoms with E-state index < -0.39 is 11.7 Å². The molecule has 0 saturated carbocycles. The molecule has 10 heteroatoms. The van der Waals surface area contributed by atoms with E-state index >= 15 is 0 Å². The van der Waals surface area contributed by atoms with Crippen LogP contribution in [0.1, 0.15) is 40.5 Å². The second-order valence-corrected chi connectivity index (χ2v) is 9.60. The van der Waals surface area contributed by atoms with Crippen LogP contribution < -0.4 is 15.8 Å². The molecule has 0 saturated heterocycles. The lowest BCUT2D eigenvalue weighted by Gasteiger charge is -2.21. The molecule has 0 spiro atoms. The number of ether oxygens (including phenoxy) is 1. The minimum atomic E-state index is -0.555. The molecule has 31 heavy (non-hydrogen) atoms. The number of carbonyl (C=O) groups excluding carboxylic acids is 2. The fraction of sp³-hybridized carbons (Fsp3) is 0.429. The zero-order valence-corrected chi connectivity index (χ0v) is 20.0. The van der Waals surface area contributed by atoms with E-state index in [0.717, 1.165) is 21.2 Å². The van der Waals surface area contributed by atoms with Crippen molar-refractivity contribution in [3.05, 3.63) is 30.3 Å². The van der Waals surface area contributed by atoms with Gasteiger partial charge in [-0.05, 0) is 70.5 Å². The average Bonchev–Trinajstić information content (AvgIpc) is 2.69. The van der Waals surface area contributed by atoms with Crippen LogP contribution in [0.25, 0.3) is 11.3 Å². The summed E-state index contributed by atoms with van der Waals surface area (Å²) in [5, 5.41) is 3.53. The second-order valence-electron chi connectivity index (χ2n) is 7.89. The molecule has 0 aliphatic rings. The second kappa shape index (κ2) is 11.2. The number of nitrogens with zero attached hydrogens (tertiary/aromatic N) is 2. The maximum absolute atomic E-state index is 12.2. The van der Waals surface area contributed by atoms with Gasteiger partial charge in [0.25, 0.3) is 0 Å². The van der Waals surface area contributed by atoms with E-state index in [1.807, 2.05) is 43.5 Å². The fourth-order valence-corrected chi connectivity index (χ4v) is 3.59.